The number of rotatable bonds is 4. The van der Waals surface area contributed by atoms with E-state index in [1.54, 1.807) is 13.0 Å². The van der Waals surface area contributed by atoms with Gasteiger partial charge >= 0.3 is 6.03 Å². The first kappa shape index (κ1) is 18.3. The average Bonchev–Trinajstić information content (AvgIpc) is 3.02. The van der Waals surface area contributed by atoms with Crippen molar-refractivity contribution in [2.45, 2.75) is 39.2 Å². The van der Waals surface area contributed by atoms with E-state index in [-0.39, 0.29) is 18.0 Å². The lowest BCUT2D eigenvalue weighted by atomic mass is 10.1. The molecule has 0 heterocycles. The third kappa shape index (κ3) is 3.99. The van der Waals surface area contributed by atoms with E-state index in [4.69, 9.17) is 11.6 Å². The van der Waals surface area contributed by atoms with E-state index in [2.05, 4.69) is 16.0 Å². The topological polar surface area (TPSA) is 70.2 Å². The van der Waals surface area contributed by atoms with Crippen molar-refractivity contribution < 1.29 is 9.59 Å². The summed E-state index contributed by atoms with van der Waals surface area (Å²) in [6, 6.07) is 10.9. The number of carbonyl (C=O) groups is 2. The molecule has 0 aliphatic heterocycles. The summed E-state index contributed by atoms with van der Waals surface area (Å²) in [6.45, 7) is 3.70. The Balaban J connectivity index is 1.69. The second kappa shape index (κ2) is 7.79. The van der Waals surface area contributed by atoms with E-state index in [1.165, 1.54) is 0 Å². The van der Waals surface area contributed by atoms with Gasteiger partial charge in [-0.15, -0.1) is 0 Å². The summed E-state index contributed by atoms with van der Waals surface area (Å²) < 4.78 is 0. The molecule has 3 amide bonds. The molecule has 0 spiro atoms. The molecule has 1 unspecified atom stereocenters. The molecule has 5 nitrogen and oxygen atoms in total. The SMILES string of the molecule is CCC(=O)Nc1ccc(C)c(NC(=O)NC2CCc3c(Cl)cccc32)c1. The van der Waals surface area contributed by atoms with E-state index >= 15 is 0 Å². The van der Waals surface area contributed by atoms with Crippen LogP contribution in [-0.4, -0.2) is 11.9 Å². The van der Waals surface area contributed by atoms with Crippen LogP contribution in [0.1, 0.15) is 42.5 Å². The van der Waals surface area contributed by atoms with Crippen LogP contribution in [0.25, 0.3) is 0 Å². The summed E-state index contributed by atoms with van der Waals surface area (Å²) in [6.07, 6.45) is 2.09. The average molecular weight is 372 g/mol. The first-order valence-electron chi connectivity index (χ1n) is 8.73. The number of benzene rings is 2. The van der Waals surface area contributed by atoms with Crippen LogP contribution in [0.3, 0.4) is 0 Å². The Hall–Kier alpha value is -2.53. The molecule has 1 atom stereocenters. The first-order chi connectivity index (χ1) is 12.5. The van der Waals surface area contributed by atoms with Gasteiger partial charge in [-0.2, -0.15) is 0 Å². The van der Waals surface area contributed by atoms with Gasteiger partial charge in [0.05, 0.1) is 6.04 Å². The van der Waals surface area contributed by atoms with Gasteiger partial charge in [-0.3, -0.25) is 4.79 Å². The van der Waals surface area contributed by atoms with E-state index in [9.17, 15) is 9.59 Å². The molecule has 0 fully saturated rings. The van der Waals surface area contributed by atoms with Crippen LogP contribution in [0.4, 0.5) is 16.2 Å². The summed E-state index contributed by atoms with van der Waals surface area (Å²) in [5.74, 6) is -0.0660. The van der Waals surface area contributed by atoms with Crippen LogP contribution in [-0.2, 0) is 11.2 Å². The number of hydrogen-bond donors (Lipinski definition) is 3. The van der Waals surface area contributed by atoms with Crippen LogP contribution in [0.15, 0.2) is 36.4 Å². The maximum atomic E-state index is 12.5. The van der Waals surface area contributed by atoms with Crippen molar-refractivity contribution in [1.82, 2.24) is 5.32 Å². The van der Waals surface area contributed by atoms with Crippen LogP contribution in [0, 0.1) is 6.92 Å². The van der Waals surface area contributed by atoms with Crippen LogP contribution in [0.2, 0.25) is 5.02 Å². The zero-order valence-corrected chi connectivity index (χ0v) is 15.6. The first-order valence-corrected chi connectivity index (χ1v) is 9.11. The fourth-order valence-corrected chi connectivity index (χ4v) is 3.44. The number of carbonyl (C=O) groups excluding carboxylic acids is 2. The van der Waals surface area contributed by atoms with Crippen LogP contribution >= 0.6 is 11.6 Å². The molecule has 2 aromatic rings. The van der Waals surface area contributed by atoms with Crippen LogP contribution < -0.4 is 16.0 Å². The molecule has 0 saturated carbocycles. The van der Waals surface area contributed by atoms with Crippen molar-refractivity contribution in [3.8, 4) is 0 Å². The van der Waals surface area contributed by atoms with Crippen molar-refractivity contribution in [2.75, 3.05) is 10.6 Å². The summed E-state index contributed by atoms with van der Waals surface area (Å²) >= 11 is 6.23. The van der Waals surface area contributed by atoms with Crippen molar-refractivity contribution in [1.29, 1.82) is 0 Å². The Bertz CT molecular complexity index is 851. The monoisotopic (exact) mass is 371 g/mol. The molecule has 26 heavy (non-hydrogen) atoms. The van der Waals surface area contributed by atoms with E-state index in [0.29, 0.717) is 17.8 Å². The maximum absolute atomic E-state index is 12.5. The Morgan fingerprint density at radius 2 is 2.00 bits per heavy atom. The van der Waals surface area contributed by atoms with Gasteiger partial charge in [-0.1, -0.05) is 36.7 Å². The van der Waals surface area contributed by atoms with Gasteiger partial charge in [0.2, 0.25) is 5.91 Å². The predicted molar refractivity (Wildman–Crippen MR) is 105 cm³/mol. The number of hydrogen-bond acceptors (Lipinski definition) is 2. The van der Waals surface area contributed by atoms with Gasteiger partial charge in [0, 0.05) is 22.8 Å². The van der Waals surface area contributed by atoms with E-state index in [0.717, 1.165) is 34.6 Å². The quantitative estimate of drug-likeness (QED) is 0.722. The number of fused-ring (bicyclic) bond motifs is 1. The van der Waals surface area contributed by atoms with Crippen molar-refractivity contribution in [3.63, 3.8) is 0 Å². The molecular weight excluding hydrogens is 350 g/mol. The third-order valence-corrected chi connectivity index (χ3v) is 4.96. The molecule has 0 saturated heterocycles. The molecule has 2 aromatic carbocycles. The molecule has 0 radical (unpaired) electrons. The van der Waals surface area contributed by atoms with Gasteiger partial charge in [-0.05, 0) is 54.7 Å². The normalized spacial score (nSPS) is 15.3. The molecular formula is C20H22ClN3O2. The minimum absolute atomic E-state index is 0.0491. The molecule has 3 N–H and O–H groups in total. The highest BCUT2D eigenvalue weighted by atomic mass is 35.5. The van der Waals surface area contributed by atoms with Gasteiger partial charge in [0.1, 0.15) is 0 Å². The van der Waals surface area contributed by atoms with Crippen LogP contribution in [0.5, 0.6) is 0 Å². The minimum atomic E-state index is -0.273. The standard InChI is InChI=1S/C20H22ClN3O2/c1-3-19(25)22-13-8-7-12(2)18(11-13)24-20(26)23-17-10-9-14-15(17)5-4-6-16(14)21/h4-8,11,17H,3,9-10H2,1-2H3,(H,22,25)(H2,23,24,26). The lowest BCUT2D eigenvalue weighted by Crippen LogP contribution is -2.31. The Kier molecular flexibility index (Phi) is 5.47. The largest absolute Gasteiger partial charge is 0.331 e. The highest BCUT2D eigenvalue weighted by Gasteiger charge is 2.25. The molecule has 3 rings (SSSR count). The van der Waals surface area contributed by atoms with Crippen molar-refractivity contribution in [2.24, 2.45) is 0 Å². The fourth-order valence-electron chi connectivity index (χ4n) is 3.16. The second-order valence-electron chi connectivity index (χ2n) is 6.43. The number of urea groups is 1. The smallest absolute Gasteiger partial charge is 0.319 e. The molecule has 0 aromatic heterocycles. The maximum Gasteiger partial charge on any atom is 0.319 e. The van der Waals surface area contributed by atoms with Crippen molar-refractivity contribution in [3.05, 3.63) is 58.1 Å². The van der Waals surface area contributed by atoms with E-state index < -0.39 is 0 Å². The fraction of sp³-hybridized carbons (Fsp3) is 0.300. The summed E-state index contributed by atoms with van der Waals surface area (Å²) in [5.41, 5.74) is 4.44. The highest BCUT2D eigenvalue weighted by Crippen LogP contribution is 2.35. The van der Waals surface area contributed by atoms with Gasteiger partial charge in [0.15, 0.2) is 0 Å². The third-order valence-electron chi connectivity index (χ3n) is 4.61. The number of halogens is 1. The predicted octanol–water partition coefficient (Wildman–Crippen LogP) is 4.81. The zero-order valence-electron chi connectivity index (χ0n) is 14.9. The minimum Gasteiger partial charge on any atom is -0.331 e. The van der Waals surface area contributed by atoms with Crippen molar-refractivity contribution >= 4 is 34.9 Å². The van der Waals surface area contributed by atoms with Gasteiger partial charge in [-0.25, -0.2) is 4.79 Å². The zero-order chi connectivity index (χ0) is 18.7. The summed E-state index contributed by atoms with van der Waals surface area (Å²) in [5, 5.41) is 9.44. The lowest BCUT2D eigenvalue weighted by Gasteiger charge is -2.16. The van der Waals surface area contributed by atoms with Gasteiger partial charge < -0.3 is 16.0 Å². The molecule has 6 heteroatoms. The molecule has 0 bridgehead atoms. The Morgan fingerprint density at radius 3 is 2.77 bits per heavy atom. The molecule has 1 aliphatic carbocycles. The Morgan fingerprint density at radius 1 is 1.19 bits per heavy atom. The number of nitrogens with one attached hydrogen (secondary N) is 3. The summed E-state index contributed by atoms with van der Waals surface area (Å²) in [7, 11) is 0. The number of anilines is 2. The number of aryl methyl sites for hydroxylation is 1. The summed E-state index contributed by atoms with van der Waals surface area (Å²) in [4.78, 5) is 24.0. The second-order valence-corrected chi connectivity index (χ2v) is 6.84. The van der Waals surface area contributed by atoms with Gasteiger partial charge in [0.25, 0.3) is 0 Å². The molecule has 1 aliphatic rings. The van der Waals surface area contributed by atoms with E-state index in [1.807, 2.05) is 37.3 Å². The molecule has 136 valence electrons. The number of amides is 3. The Labute approximate surface area is 158 Å². The lowest BCUT2D eigenvalue weighted by molar-refractivity contribution is -0.115. The highest BCUT2D eigenvalue weighted by molar-refractivity contribution is 6.31.